The van der Waals surface area contributed by atoms with Crippen molar-refractivity contribution < 1.29 is 4.39 Å². The maximum atomic E-state index is 13.6. The molecular formula is C16H16FN5. The van der Waals surface area contributed by atoms with Gasteiger partial charge in [-0.3, -0.25) is 4.98 Å². The number of pyridine rings is 1. The van der Waals surface area contributed by atoms with Gasteiger partial charge in [0.2, 0.25) is 0 Å². The van der Waals surface area contributed by atoms with Gasteiger partial charge >= 0.3 is 0 Å². The van der Waals surface area contributed by atoms with E-state index < -0.39 is 5.83 Å². The second-order valence-electron chi connectivity index (χ2n) is 4.62. The molecule has 0 fully saturated rings. The van der Waals surface area contributed by atoms with Crippen LogP contribution in [0.25, 0.3) is 5.57 Å². The average Bonchev–Trinajstić information content (AvgIpc) is 2.47. The first-order valence-corrected chi connectivity index (χ1v) is 6.49. The van der Waals surface area contributed by atoms with E-state index >= 15 is 0 Å². The fourth-order valence-electron chi connectivity index (χ4n) is 1.76. The highest BCUT2D eigenvalue weighted by Gasteiger charge is 2.10. The van der Waals surface area contributed by atoms with Crippen LogP contribution in [0.3, 0.4) is 0 Å². The van der Waals surface area contributed by atoms with Gasteiger partial charge in [0.15, 0.2) is 5.82 Å². The van der Waals surface area contributed by atoms with Crippen molar-refractivity contribution in [3.8, 4) is 0 Å². The fraction of sp³-hybridized carbons (Fsp3) is 0.0625. The molecule has 112 valence electrons. The normalized spacial score (nSPS) is 11.1. The van der Waals surface area contributed by atoms with E-state index in [4.69, 9.17) is 5.73 Å². The van der Waals surface area contributed by atoms with Crippen molar-refractivity contribution in [1.82, 2.24) is 15.0 Å². The van der Waals surface area contributed by atoms with E-state index in [1.807, 2.05) is 13.0 Å². The van der Waals surface area contributed by atoms with Crippen molar-refractivity contribution in [3.05, 3.63) is 72.9 Å². The minimum atomic E-state index is -0.677. The summed E-state index contributed by atoms with van der Waals surface area (Å²) < 4.78 is 13.6. The summed E-state index contributed by atoms with van der Waals surface area (Å²) in [6.45, 7) is 8.71. The lowest BCUT2D eigenvalue weighted by atomic mass is 10.2. The smallest absolute Gasteiger partial charge is 0.164 e. The highest BCUT2D eigenvalue weighted by molar-refractivity contribution is 5.75. The first-order valence-electron chi connectivity index (χ1n) is 6.49. The Morgan fingerprint density at radius 1 is 1.32 bits per heavy atom. The van der Waals surface area contributed by atoms with Crippen LogP contribution in [-0.4, -0.2) is 15.0 Å². The Morgan fingerprint density at radius 2 is 2.09 bits per heavy atom. The number of hydrogen-bond donors (Lipinski definition) is 2. The van der Waals surface area contributed by atoms with Crippen molar-refractivity contribution in [3.63, 3.8) is 0 Å². The Kier molecular flexibility index (Phi) is 4.63. The summed E-state index contributed by atoms with van der Waals surface area (Å²) in [5, 5.41) is 3.14. The molecule has 0 aromatic carbocycles. The van der Waals surface area contributed by atoms with E-state index in [0.717, 1.165) is 11.3 Å². The highest BCUT2D eigenvalue weighted by Crippen LogP contribution is 2.23. The van der Waals surface area contributed by atoms with Crippen LogP contribution >= 0.6 is 0 Å². The summed E-state index contributed by atoms with van der Waals surface area (Å²) in [4.78, 5) is 12.3. The van der Waals surface area contributed by atoms with Gasteiger partial charge in [0.1, 0.15) is 11.6 Å². The predicted octanol–water partition coefficient (Wildman–Crippen LogP) is 3.26. The number of nitrogens with one attached hydrogen (secondary N) is 1. The van der Waals surface area contributed by atoms with E-state index in [1.54, 1.807) is 18.5 Å². The van der Waals surface area contributed by atoms with Crippen LogP contribution < -0.4 is 11.1 Å². The number of nitrogens with two attached hydrogens (primary N) is 1. The summed E-state index contributed by atoms with van der Waals surface area (Å²) >= 11 is 0. The first-order chi connectivity index (χ1) is 10.5. The molecule has 0 spiro atoms. The summed E-state index contributed by atoms with van der Waals surface area (Å²) in [6, 6.07) is 3.50. The summed E-state index contributed by atoms with van der Waals surface area (Å²) in [5.74, 6) is 0.0220. The van der Waals surface area contributed by atoms with Gasteiger partial charge < -0.3 is 11.1 Å². The minimum absolute atomic E-state index is 0.0996. The van der Waals surface area contributed by atoms with Crippen LogP contribution in [0.5, 0.6) is 0 Å². The third-order valence-corrected chi connectivity index (χ3v) is 2.80. The number of allylic oxidation sites excluding steroid dienone is 3. The third-order valence-electron chi connectivity index (χ3n) is 2.80. The Hall–Kier alpha value is -3.02. The van der Waals surface area contributed by atoms with E-state index in [1.165, 1.54) is 12.3 Å². The molecule has 2 aromatic heterocycles. The second kappa shape index (κ2) is 6.62. The van der Waals surface area contributed by atoms with Gasteiger partial charge in [-0.1, -0.05) is 13.2 Å². The van der Waals surface area contributed by atoms with Crippen molar-refractivity contribution in [2.45, 2.75) is 6.92 Å². The minimum Gasteiger partial charge on any atom is -0.399 e. The topological polar surface area (TPSA) is 76.7 Å². The third kappa shape index (κ3) is 3.76. The second-order valence-corrected chi connectivity index (χ2v) is 4.62. The zero-order chi connectivity index (χ0) is 16.1. The lowest BCUT2D eigenvalue weighted by Gasteiger charge is -2.10. The standard InChI is InChI=1S/C16H16FN5/c1-10-9-19-6-4-14(10)21-15-5-7-20-16(22-15)13(12(3)17)8-11(2)18/h4-9H,2-3,18H2,1H3,(H,19,20,21,22)/b13-8+. The van der Waals surface area contributed by atoms with Gasteiger partial charge in [0, 0.05) is 30.0 Å². The zero-order valence-corrected chi connectivity index (χ0v) is 12.2. The number of aromatic nitrogens is 3. The van der Waals surface area contributed by atoms with Crippen LogP contribution in [0, 0.1) is 6.92 Å². The van der Waals surface area contributed by atoms with Crippen molar-refractivity contribution in [2.24, 2.45) is 5.73 Å². The molecule has 0 amide bonds. The Balaban J connectivity index is 2.36. The molecule has 0 atom stereocenters. The molecule has 5 nitrogen and oxygen atoms in total. The van der Waals surface area contributed by atoms with Crippen molar-refractivity contribution in [2.75, 3.05) is 5.32 Å². The number of hydrogen-bond acceptors (Lipinski definition) is 5. The molecule has 0 bridgehead atoms. The molecule has 22 heavy (non-hydrogen) atoms. The molecule has 2 aromatic rings. The molecule has 6 heteroatoms. The van der Waals surface area contributed by atoms with E-state index in [-0.39, 0.29) is 17.1 Å². The van der Waals surface area contributed by atoms with E-state index in [2.05, 4.69) is 33.4 Å². The molecule has 0 aliphatic heterocycles. The molecule has 2 heterocycles. The predicted molar refractivity (Wildman–Crippen MR) is 85.8 cm³/mol. The number of halogens is 1. The Labute approximate surface area is 128 Å². The van der Waals surface area contributed by atoms with E-state index in [0.29, 0.717) is 5.82 Å². The van der Waals surface area contributed by atoms with Gasteiger partial charge in [-0.2, -0.15) is 0 Å². The molecule has 0 unspecified atom stereocenters. The van der Waals surface area contributed by atoms with E-state index in [9.17, 15) is 4.39 Å². The van der Waals surface area contributed by atoms with Gasteiger partial charge in [0.05, 0.1) is 5.57 Å². The molecule has 0 radical (unpaired) electrons. The fourth-order valence-corrected chi connectivity index (χ4v) is 1.76. The quantitative estimate of drug-likeness (QED) is 0.828. The monoisotopic (exact) mass is 297 g/mol. The SMILES string of the molecule is C=C(N)/C=C(\C(=C)F)c1nccc(Nc2ccncc2C)n1. The number of aryl methyl sites for hydroxylation is 1. The Morgan fingerprint density at radius 3 is 2.73 bits per heavy atom. The number of anilines is 2. The molecule has 0 aliphatic rings. The Bertz CT molecular complexity index is 752. The molecule has 0 aliphatic carbocycles. The largest absolute Gasteiger partial charge is 0.399 e. The highest BCUT2D eigenvalue weighted by atomic mass is 19.1. The molecule has 3 N–H and O–H groups in total. The maximum Gasteiger partial charge on any atom is 0.164 e. The van der Waals surface area contributed by atoms with Crippen LogP contribution in [0.2, 0.25) is 0 Å². The van der Waals surface area contributed by atoms with Crippen LogP contribution in [0.15, 0.2) is 61.5 Å². The van der Waals surface area contributed by atoms with Gasteiger partial charge in [-0.25, -0.2) is 14.4 Å². The molecular weight excluding hydrogens is 281 g/mol. The van der Waals surface area contributed by atoms with Crippen LogP contribution in [-0.2, 0) is 0 Å². The summed E-state index contributed by atoms with van der Waals surface area (Å²) in [7, 11) is 0. The number of nitrogens with zero attached hydrogens (tertiary/aromatic N) is 3. The average molecular weight is 297 g/mol. The lowest BCUT2D eigenvalue weighted by molar-refractivity contribution is 0.676. The van der Waals surface area contributed by atoms with Crippen molar-refractivity contribution >= 4 is 17.1 Å². The number of rotatable bonds is 5. The van der Waals surface area contributed by atoms with Gasteiger partial charge in [-0.05, 0) is 30.7 Å². The van der Waals surface area contributed by atoms with Crippen LogP contribution in [0.4, 0.5) is 15.9 Å². The molecule has 0 saturated carbocycles. The van der Waals surface area contributed by atoms with Gasteiger partial charge in [0.25, 0.3) is 0 Å². The first kappa shape index (κ1) is 15.4. The summed E-state index contributed by atoms with van der Waals surface area (Å²) in [5.41, 5.74) is 7.60. The molecule has 2 rings (SSSR count). The lowest BCUT2D eigenvalue weighted by Crippen LogP contribution is -2.02. The van der Waals surface area contributed by atoms with Crippen molar-refractivity contribution in [1.29, 1.82) is 0 Å². The summed E-state index contributed by atoms with van der Waals surface area (Å²) in [6.07, 6.45) is 6.28. The molecule has 0 saturated heterocycles. The zero-order valence-electron chi connectivity index (χ0n) is 12.2. The van der Waals surface area contributed by atoms with Crippen LogP contribution in [0.1, 0.15) is 11.4 Å². The maximum absolute atomic E-state index is 13.6. The van der Waals surface area contributed by atoms with Gasteiger partial charge in [-0.15, -0.1) is 0 Å².